The van der Waals surface area contributed by atoms with Crippen molar-refractivity contribution in [3.63, 3.8) is 0 Å². The van der Waals surface area contributed by atoms with Crippen molar-refractivity contribution in [2.24, 2.45) is 5.41 Å². The maximum atomic E-state index is 16.1. The molecule has 1 saturated heterocycles. The molecule has 2 saturated carbocycles. The summed E-state index contributed by atoms with van der Waals surface area (Å²) >= 11 is 12.7. The van der Waals surface area contributed by atoms with E-state index in [0.29, 0.717) is 49.2 Å². The third-order valence-electron chi connectivity index (χ3n) is 10.7. The highest BCUT2D eigenvalue weighted by atomic mass is 35.5. The maximum absolute atomic E-state index is 16.1. The molecule has 2 spiro atoms. The molecule has 2 amide bonds. The van der Waals surface area contributed by atoms with Gasteiger partial charge in [0.1, 0.15) is 16.8 Å². The van der Waals surface area contributed by atoms with Gasteiger partial charge in [0.25, 0.3) is 0 Å². The molecule has 0 radical (unpaired) electrons. The van der Waals surface area contributed by atoms with Gasteiger partial charge in [-0.1, -0.05) is 55.2 Å². The number of hydrogen-bond donors (Lipinski definition) is 4. The van der Waals surface area contributed by atoms with E-state index >= 15 is 4.39 Å². The van der Waals surface area contributed by atoms with E-state index in [9.17, 15) is 14.8 Å². The molecule has 2 aromatic rings. The van der Waals surface area contributed by atoms with Crippen molar-refractivity contribution in [3.05, 3.63) is 63.4 Å². The number of rotatable bonds is 4. The van der Waals surface area contributed by atoms with Crippen LogP contribution in [0.2, 0.25) is 10.0 Å². The van der Waals surface area contributed by atoms with Crippen molar-refractivity contribution in [2.45, 2.75) is 107 Å². The Kier molecular flexibility index (Phi) is 7.42. The van der Waals surface area contributed by atoms with Gasteiger partial charge in [-0.15, -0.1) is 0 Å². The molecule has 1 unspecified atom stereocenters. The van der Waals surface area contributed by atoms with E-state index in [0.717, 1.165) is 18.4 Å². The normalized spacial score (nSPS) is 33.0. The first-order chi connectivity index (χ1) is 19.8. The van der Waals surface area contributed by atoms with Crippen LogP contribution in [0.15, 0.2) is 36.4 Å². The van der Waals surface area contributed by atoms with E-state index in [1.807, 2.05) is 13.0 Å². The molecule has 10 heteroatoms. The van der Waals surface area contributed by atoms with Crippen LogP contribution in [-0.2, 0) is 19.9 Å². The molecule has 6 rings (SSSR count). The second-order valence-electron chi connectivity index (χ2n) is 13.8. The van der Waals surface area contributed by atoms with Crippen molar-refractivity contribution in [3.8, 4) is 0 Å². The van der Waals surface area contributed by atoms with Crippen LogP contribution in [-0.4, -0.2) is 40.3 Å². The lowest BCUT2D eigenvalue weighted by atomic mass is 9.53. The monoisotopic (exact) mass is 617 g/mol. The Bertz CT molecular complexity index is 1420. The van der Waals surface area contributed by atoms with Crippen molar-refractivity contribution >= 4 is 40.7 Å². The van der Waals surface area contributed by atoms with Crippen LogP contribution in [0.4, 0.5) is 10.1 Å². The minimum absolute atomic E-state index is 0.0576. The van der Waals surface area contributed by atoms with Crippen molar-refractivity contribution in [1.29, 1.82) is 0 Å². The summed E-state index contributed by atoms with van der Waals surface area (Å²) in [6, 6.07) is 9.08. The zero-order valence-corrected chi connectivity index (χ0v) is 25.7. The molecule has 3 fully saturated rings. The van der Waals surface area contributed by atoms with E-state index in [1.54, 1.807) is 24.3 Å². The average molecular weight is 619 g/mol. The Hall–Kier alpha value is -2.23. The Morgan fingerprint density at radius 2 is 1.74 bits per heavy atom. The Balaban J connectivity index is 1.50. The molecule has 226 valence electrons. The minimum Gasteiger partial charge on any atom is -0.352 e. The summed E-state index contributed by atoms with van der Waals surface area (Å²) in [6.07, 6.45) is 5.34. The molecule has 4 N–H and O–H groups in total. The van der Waals surface area contributed by atoms with E-state index in [1.165, 1.54) is 6.07 Å². The van der Waals surface area contributed by atoms with Crippen molar-refractivity contribution in [1.82, 2.24) is 10.6 Å². The molecule has 42 heavy (non-hydrogen) atoms. The minimum atomic E-state index is -1.28. The number of halogens is 3. The van der Waals surface area contributed by atoms with E-state index in [2.05, 4.69) is 29.8 Å². The number of carbonyl (C=O) groups is 2. The van der Waals surface area contributed by atoms with Crippen LogP contribution in [0.3, 0.4) is 0 Å². The van der Waals surface area contributed by atoms with Gasteiger partial charge in [0.05, 0.1) is 11.1 Å². The molecule has 2 aromatic carbocycles. The van der Waals surface area contributed by atoms with Crippen molar-refractivity contribution in [2.75, 3.05) is 5.32 Å². The van der Waals surface area contributed by atoms with E-state index < -0.39 is 34.3 Å². The molecule has 0 aromatic heterocycles. The topological polar surface area (TPSA) is 99.7 Å². The highest BCUT2D eigenvalue weighted by molar-refractivity contribution is 6.31. The lowest BCUT2D eigenvalue weighted by Crippen LogP contribution is -2.61. The molecule has 2 aliphatic carbocycles. The summed E-state index contributed by atoms with van der Waals surface area (Å²) in [5.41, 5.74) is -1.14. The van der Waals surface area contributed by atoms with Gasteiger partial charge in [0, 0.05) is 28.2 Å². The highest BCUT2D eigenvalue weighted by Gasteiger charge is 2.73. The van der Waals surface area contributed by atoms with E-state index in [4.69, 9.17) is 28.1 Å². The maximum Gasteiger partial charge on any atom is 0.238 e. The molecule has 2 heterocycles. The van der Waals surface area contributed by atoms with Gasteiger partial charge in [-0.3, -0.25) is 20.2 Å². The SMILES string of the molecule is CC1(C)CCC2(CC1)NC(C(=O)NC1CCC(C)(OO)CC1)[C@H](c1cccc(Cl)c1F)[C@]21C(=O)Nc2cc(Cl)ccc21. The summed E-state index contributed by atoms with van der Waals surface area (Å²) in [7, 11) is 0. The molecule has 3 atom stereocenters. The summed E-state index contributed by atoms with van der Waals surface area (Å²) < 4.78 is 16.1. The number of anilines is 1. The Labute approximate surface area is 255 Å². The lowest BCUT2D eigenvalue weighted by molar-refractivity contribution is -0.325. The summed E-state index contributed by atoms with van der Waals surface area (Å²) in [4.78, 5) is 33.6. The fourth-order valence-corrected chi connectivity index (χ4v) is 8.52. The summed E-state index contributed by atoms with van der Waals surface area (Å²) in [5, 5.41) is 19.7. The van der Waals surface area contributed by atoms with Crippen LogP contribution >= 0.6 is 23.2 Å². The van der Waals surface area contributed by atoms with Crippen LogP contribution in [0, 0.1) is 11.2 Å². The fourth-order valence-electron chi connectivity index (χ4n) is 8.17. The first kappa shape index (κ1) is 29.8. The number of hydrogen-bond acceptors (Lipinski definition) is 5. The standard InChI is InChI=1S/C32H38Cl2FN3O4/c1-29(2)13-15-31(16-14-29)32(21-8-7-18(33)17-23(21)37-28(32)40)24(20-5-4-6-22(34)25(20)35)26(38-31)27(39)36-19-9-11-30(3,42-41)12-10-19/h4-8,17,19,24,26,38,41H,9-16H2,1-3H3,(H,36,39)(H,37,40)/t19?,24-,26?,30?,32+/m0/s1. The van der Waals surface area contributed by atoms with Gasteiger partial charge >= 0.3 is 0 Å². The highest BCUT2D eigenvalue weighted by Crippen LogP contribution is 2.64. The van der Waals surface area contributed by atoms with Gasteiger partial charge in [-0.2, -0.15) is 0 Å². The van der Waals surface area contributed by atoms with Gasteiger partial charge in [-0.05, 0) is 93.0 Å². The zero-order chi connectivity index (χ0) is 30.1. The smallest absolute Gasteiger partial charge is 0.238 e. The molecular weight excluding hydrogens is 580 g/mol. The van der Waals surface area contributed by atoms with E-state index in [-0.39, 0.29) is 33.9 Å². The summed E-state index contributed by atoms with van der Waals surface area (Å²) in [5.74, 6) is -2.05. The van der Waals surface area contributed by atoms with Crippen LogP contribution in [0.5, 0.6) is 0 Å². The fraction of sp³-hybridized carbons (Fsp3) is 0.562. The number of nitrogens with one attached hydrogen (secondary N) is 3. The average Bonchev–Trinajstić information content (AvgIpc) is 3.41. The largest absolute Gasteiger partial charge is 0.352 e. The number of carbonyl (C=O) groups excluding carboxylic acids is 2. The molecule has 0 bridgehead atoms. The zero-order valence-electron chi connectivity index (χ0n) is 24.2. The molecular formula is C32H38Cl2FN3O4. The molecule has 2 aliphatic heterocycles. The van der Waals surface area contributed by atoms with Gasteiger partial charge in [-0.25, -0.2) is 9.28 Å². The van der Waals surface area contributed by atoms with Crippen LogP contribution in [0.25, 0.3) is 0 Å². The van der Waals surface area contributed by atoms with Crippen molar-refractivity contribution < 1.29 is 24.1 Å². The van der Waals surface area contributed by atoms with Crippen LogP contribution < -0.4 is 16.0 Å². The Morgan fingerprint density at radius 3 is 2.40 bits per heavy atom. The first-order valence-electron chi connectivity index (χ1n) is 14.8. The second kappa shape index (κ2) is 10.4. The third-order valence-corrected chi connectivity index (χ3v) is 11.2. The second-order valence-corrected chi connectivity index (χ2v) is 14.6. The third kappa shape index (κ3) is 4.56. The number of fused-ring (bicyclic) bond motifs is 3. The van der Waals surface area contributed by atoms with Gasteiger partial charge < -0.3 is 10.6 Å². The predicted molar refractivity (Wildman–Crippen MR) is 160 cm³/mol. The Morgan fingerprint density at radius 1 is 1.05 bits per heavy atom. The summed E-state index contributed by atoms with van der Waals surface area (Å²) in [6.45, 7) is 6.28. The number of benzene rings is 2. The predicted octanol–water partition coefficient (Wildman–Crippen LogP) is 6.72. The molecule has 7 nitrogen and oxygen atoms in total. The number of amides is 2. The quantitative estimate of drug-likeness (QED) is 0.225. The van der Waals surface area contributed by atoms with Crippen LogP contribution in [0.1, 0.15) is 89.2 Å². The lowest BCUT2D eigenvalue weighted by Gasteiger charge is -2.50. The molecule has 4 aliphatic rings. The first-order valence-corrected chi connectivity index (χ1v) is 15.6. The van der Waals surface area contributed by atoms with Gasteiger partial charge in [0.2, 0.25) is 11.8 Å². The van der Waals surface area contributed by atoms with Gasteiger partial charge in [0.15, 0.2) is 0 Å².